The number of anilines is 1. The van der Waals surface area contributed by atoms with Gasteiger partial charge >= 0.3 is 15.5 Å². The van der Waals surface area contributed by atoms with E-state index in [2.05, 4.69) is 0 Å². The van der Waals surface area contributed by atoms with Gasteiger partial charge in [-0.2, -0.15) is 17.9 Å². The Kier molecular flexibility index (Phi) is 4.22. The second-order valence-electron chi connectivity index (χ2n) is 5.18. The zero-order valence-electron chi connectivity index (χ0n) is 11.9. The number of alkyl halides is 3. The van der Waals surface area contributed by atoms with E-state index in [4.69, 9.17) is 0 Å². The average molecular weight is 336 g/mol. The number of carbonyl (C=O) groups excluding carboxylic acids is 1. The zero-order valence-corrected chi connectivity index (χ0v) is 12.8. The van der Waals surface area contributed by atoms with Gasteiger partial charge in [0, 0.05) is 12.1 Å². The van der Waals surface area contributed by atoms with E-state index in [1.807, 2.05) is 6.92 Å². The van der Waals surface area contributed by atoms with Crippen molar-refractivity contribution in [2.75, 3.05) is 4.90 Å². The molecule has 1 N–H and O–H groups in total. The molecule has 1 heterocycles. The molecule has 0 spiro atoms. The van der Waals surface area contributed by atoms with Crippen molar-refractivity contribution in [1.29, 1.82) is 0 Å². The average Bonchev–Trinajstić information content (AvgIpc) is 2.69. The minimum Gasteiger partial charge on any atom is -0.295 e. The Morgan fingerprint density at radius 2 is 1.91 bits per heavy atom. The number of hydrogen-bond acceptors (Lipinski definition) is 3. The number of aryl methyl sites for hydroxylation is 2. The molecule has 2 rings (SSSR count). The number of amides is 1. The SMILES string of the molecule is Cc1ccc(N2C(=O)CCC2NS(=O)(=O)C(F)(F)F)c(C)c1. The molecule has 1 atom stereocenters. The third-order valence-corrected chi connectivity index (χ3v) is 4.61. The topological polar surface area (TPSA) is 66.5 Å². The van der Waals surface area contributed by atoms with Crippen LogP contribution in [-0.2, 0) is 14.8 Å². The molecule has 122 valence electrons. The number of carbonyl (C=O) groups is 1. The molecule has 1 unspecified atom stereocenters. The maximum absolute atomic E-state index is 12.5. The fourth-order valence-electron chi connectivity index (χ4n) is 2.42. The lowest BCUT2D eigenvalue weighted by molar-refractivity contribution is -0.117. The summed E-state index contributed by atoms with van der Waals surface area (Å²) in [5, 5.41) is 0. The summed E-state index contributed by atoms with van der Waals surface area (Å²) in [5.41, 5.74) is -3.39. The third-order valence-electron chi connectivity index (χ3n) is 3.42. The molecule has 1 fully saturated rings. The monoisotopic (exact) mass is 336 g/mol. The van der Waals surface area contributed by atoms with Crippen LogP contribution in [0.15, 0.2) is 18.2 Å². The molecule has 1 aromatic rings. The Labute approximate surface area is 126 Å². The Balaban J connectivity index is 2.35. The molecule has 0 aromatic heterocycles. The largest absolute Gasteiger partial charge is 0.511 e. The van der Waals surface area contributed by atoms with Crippen LogP contribution in [0.2, 0.25) is 0 Å². The summed E-state index contributed by atoms with van der Waals surface area (Å²) in [6.45, 7) is 3.55. The first kappa shape index (κ1) is 16.8. The number of nitrogens with one attached hydrogen (secondary N) is 1. The highest BCUT2D eigenvalue weighted by Gasteiger charge is 2.49. The summed E-state index contributed by atoms with van der Waals surface area (Å²) < 4.78 is 61.6. The molecular weight excluding hydrogens is 321 g/mol. The summed E-state index contributed by atoms with van der Waals surface area (Å²) in [7, 11) is -5.51. The van der Waals surface area contributed by atoms with Crippen LogP contribution >= 0.6 is 0 Å². The highest BCUT2D eigenvalue weighted by atomic mass is 32.2. The number of benzene rings is 1. The maximum Gasteiger partial charge on any atom is 0.511 e. The molecule has 0 saturated carbocycles. The number of rotatable bonds is 3. The predicted octanol–water partition coefficient (Wildman–Crippen LogP) is 2.20. The lowest BCUT2D eigenvalue weighted by Crippen LogP contribution is -2.50. The standard InChI is InChI=1S/C13H15F3N2O3S/c1-8-3-4-10(9(2)7-8)18-11(5-6-12(18)19)17-22(20,21)13(14,15)16/h3-4,7,11,17H,5-6H2,1-2H3. The molecule has 9 heteroatoms. The van der Waals surface area contributed by atoms with Gasteiger partial charge in [-0.15, -0.1) is 0 Å². The molecule has 0 radical (unpaired) electrons. The lowest BCUT2D eigenvalue weighted by atomic mass is 10.1. The fraction of sp³-hybridized carbons (Fsp3) is 0.462. The molecule has 5 nitrogen and oxygen atoms in total. The van der Waals surface area contributed by atoms with Gasteiger partial charge in [0.25, 0.3) is 0 Å². The molecule has 1 aromatic carbocycles. The zero-order chi connectivity index (χ0) is 16.7. The molecule has 0 bridgehead atoms. The van der Waals surface area contributed by atoms with E-state index < -0.39 is 27.6 Å². The summed E-state index contributed by atoms with van der Waals surface area (Å²) in [4.78, 5) is 13.0. The lowest BCUT2D eigenvalue weighted by Gasteiger charge is -2.27. The number of hydrogen-bond donors (Lipinski definition) is 1. The molecule has 1 amide bonds. The van der Waals surface area contributed by atoms with E-state index in [0.717, 1.165) is 10.5 Å². The van der Waals surface area contributed by atoms with E-state index in [1.54, 1.807) is 29.8 Å². The van der Waals surface area contributed by atoms with Crippen LogP contribution in [-0.4, -0.2) is 26.0 Å². The first-order valence-corrected chi connectivity index (χ1v) is 7.99. The number of sulfonamides is 1. The highest BCUT2D eigenvalue weighted by Crippen LogP contribution is 2.31. The van der Waals surface area contributed by atoms with Crippen LogP contribution in [0, 0.1) is 13.8 Å². The van der Waals surface area contributed by atoms with E-state index in [0.29, 0.717) is 11.3 Å². The Bertz CT molecular complexity index is 701. The van der Waals surface area contributed by atoms with Gasteiger partial charge in [0.05, 0.1) is 0 Å². The Morgan fingerprint density at radius 3 is 2.45 bits per heavy atom. The van der Waals surface area contributed by atoms with Gasteiger partial charge in [0.1, 0.15) is 6.17 Å². The van der Waals surface area contributed by atoms with Crippen LogP contribution in [0.4, 0.5) is 18.9 Å². The van der Waals surface area contributed by atoms with Crippen molar-refractivity contribution in [1.82, 2.24) is 4.72 Å². The first-order chi connectivity index (χ1) is 10.0. The van der Waals surface area contributed by atoms with Gasteiger partial charge in [-0.1, -0.05) is 17.7 Å². The third kappa shape index (κ3) is 3.09. The maximum atomic E-state index is 12.5. The second kappa shape index (κ2) is 5.54. The fourth-order valence-corrected chi connectivity index (χ4v) is 3.13. The second-order valence-corrected chi connectivity index (χ2v) is 6.88. The molecule has 1 saturated heterocycles. The molecular formula is C13H15F3N2O3S. The predicted molar refractivity (Wildman–Crippen MR) is 74.5 cm³/mol. The normalized spacial score (nSPS) is 19.8. The molecule has 1 aliphatic heterocycles. The highest BCUT2D eigenvalue weighted by molar-refractivity contribution is 7.90. The molecule has 0 aliphatic carbocycles. The van der Waals surface area contributed by atoms with Gasteiger partial charge in [-0.05, 0) is 31.9 Å². The van der Waals surface area contributed by atoms with Crippen molar-refractivity contribution in [2.45, 2.75) is 38.4 Å². The van der Waals surface area contributed by atoms with Crippen LogP contribution in [0.5, 0.6) is 0 Å². The van der Waals surface area contributed by atoms with Gasteiger partial charge in [0.15, 0.2) is 0 Å². The van der Waals surface area contributed by atoms with Crippen molar-refractivity contribution in [2.24, 2.45) is 0 Å². The van der Waals surface area contributed by atoms with Gasteiger partial charge < -0.3 is 0 Å². The summed E-state index contributed by atoms with van der Waals surface area (Å²) >= 11 is 0. The van der Waals surface area contributed by atoms with E-state index >= 15 is 0 Å². The van der Waals surface area contributed by atoms with E-state index in [1.165, 1.54) is 0 Å². The number of nitrogens with zero attached hydrogens (tertiary/aromatic N) is 1. The van der Waals surface area contributed by atoms with E-state index in [-0.39, 0.29) is 12.8 Å². The van der Waals surface area contributed by atoms with Crippen molar-refractivity contribution in [3.8, 4) is 0 Å². The Morgan fingerprint density at radius 1 is 1.27 bits per heavy atom. The smallest absolute Gasteiger partial charge is 0.295 e. The van der Waals surface area contributed by atoms with Crippen LogP contribution in [0.25, 0.3) is 0 Å². The van der Waals surface area contributed by atoms with Gasteiger partial charge in [0.2, 0.25) is 5.91 Å². The van der Waals surface area contributed by atoms with Gasteiger partial charge in [-0.25, -0.2) is 8.42 Å². The summed E-state index contributed by atoms with van der Waals surface area (Å²) in [6.07, 6.45) is -1.26. The van der Waals surface area contributed by atoms with Crippen LogP contribution in [0.1, 0.15) is 24.0 Å². The number of halogens is 3. The Hall–Kier alpha value is -1.61. The van der Waals surface area contributed by atoms with Crippen LogP contribution in [0.3, 0.4) is 0 Å². The van der Waals surface area contributed by atoms with Crippen molar-refractivity contribution >= 4 is 21.6 Å². The summed E-state index contributed by atoms with van der Waals surface area (Å²) in [6, 6.07) is 5.09. The summed E-state index contributed by atoms with van der Waals surface area (Å²) in [5.74, 6) is -0.415. The van der Waals surface area contributed by atoms with Gasteiger partial charge in [-0.3, -0.25) is 9.69 Å². The van der Waals surface area contributed by atoms with Crippen molar-refractivity contribution in [3.63, 3.8) is 0 Å². The van der Waals surface area contributed by atoms with Crippen LogP contribution < -0.4 is 9.62 Å². The minimum absolute atomic E-state index is 0.0124. The first-order valence-electron chi connectivity index (χ1n) is 6.51. The molecule has 22 heavy (non-hydrogen) atoms. The van der Waals surface area contributed by atoms with Crippen molar-refractivity contribution in [3.05, 3.63) is 29.3 Å². The van der Waals surface area contributed by atoms with Crippen molar-refractivity contribution < 1.29 is 26.4 Å². The molecule has 1 aliphatic rings. The quantitative estimate of drug-likeness (QED) is 0.920. The minimum atomic E-state index is -5.51. The van der Waals surface area contributed by atoms with E-state index in [9.17, 15) is 26.4 Å².